The van der Waals surface area contributed by atoms with E-state index in [1.165, 1.54) is 0 Å². The van der Waals surface area contributed by atoms with Crippen molar-refractivity contribution in [2.45, 2.75) is 13.8 Å². The van der Waals surface area contributed by atoms with Gasteiger partial charge in [0.05, 0.1) is 6.54 Å². The molecule has 15 heavy (non-hydrogen) atoms. The zero-order valence-electron chi connectivity index (χ0n) is 8.42. The lowest BCUT2D eigenvalue weighted by Gasteiger charge is -2.15. The summed E-state index contributed by atoms with van der Waals surface area (Å²) in [4.78, 5) is 3.58. The van der Waals surface area contributed by atoms with E-state index in [0.717, 1.165) is 0 Å². The first-order valence-corrected chi connectivity index (χ1v) is 5.17. The van der Waals surface area contributed by atoms with Gasteiger partial charge in [-0.2, -0.15) is 0 Å². The number of nitrogens with two attached hydrogens (primary N) is 1. The molecule has 0 fully saturated rings. The van der Waals surface area contributed by atoms with Crippen LogP contribution in [0.1, 0.15) is 13.8 Å². The second kappa shape index (κ2) is 4.72. The minimum absolute atomic E-state index is 0.0209. The number of rotatable bonds is 3. The van der Waals surface area contributed by atoms with E-state index in [1.807, 2.05) is 13.8 Å². The van der Waals surface area contributed by atoms with Crippen LogP contribution in [0.15, 0.2) is 0 Å². The fourth-order valence-electron chi connectivity index (χ4n) is 0.947. The fourth-order valence-corrected chi connectivity index (χ4v) is 1.31. The first-order valence-electron chi connectivity index (χ1n) is 4.41. The van der Waals surface area contributed by atoms with Crippen molar-refractivity contribution in [1.82, 2.24) is 4.98 Å². The van der Waals surface area contributed by atoms with Crippen molar-refractivity contribution in [2.24, 2.45) is 5.92 Å². The Morgan fingerprint density at radius 2 is 2.13 bits per heavy atom. The van der Waals surface area contributed by atoms with Crippen LogP contribution in [0.25, 0.3) is 0 Å². The van der Waals surface area contributed by atoms with Crippen LogP contribution in [0.5, 0.6) is 0 Å². The molecule has 0 aliphatic carbocycles. The van der Waals surface area contributed by atoms with Crippen molar-refractivity contribution in [3.05, 3.63) is 15.4 Å². The number of hydrogen-bond acceptors (Lipinski definition) is 4. The minimum Gasteiger partial charge on any atom is -0.754 e. The monoisotopic (exact) mass is 250 g/mol. The van der Waals surface area contributed by atoms with Gasteiger partial charge in [0.2, 0.25) is 11.0 Å². The molecule has 0 aliphatic heterocycles. The van der Waals surface area contributed by atoms with E-state index in [0.29, 0.717) is 17.2 Å². The molecule has 0 bridgehead atoms. The third-order valence-electron chi connectivity index (χ3n) is 1.69. The standard InChI is InChI=1S/C8H12Cl2N4O/c1-4(2)3-12-7-5(9)6(10)13-8(11)14(7)15/h4,12H,3H2,1-2H3,(H2,11,13). The van der Waals surface area contributed by atoms with Crippen LogP contribution in [-0.2, 0) is 0 Å². The quantitative estimate of drug-likeness (QED) is 0.486. The molecular formula is C8H12Cl2N4O. The van der Waals surface area contributed by atoms with Crippen LogP contribution in [0.2, 0.25) is 10.2 Å². The van der Waals surface area contributed by atoms with Gasteiger partial charge in [0, 0.05) is 0 Å². The molecule has 0 aromatic carbocycles. The Balaban J connectivity index is 3.04. The fraction of sp³-hybridized carbons (Fsp3) is 0.500. The van der Waals surface area contributed by atoms with Crippen molar-refractivity contribution < 1.29 is 4.73 Å². The van der Waals surface area contributed by atoms with Gasteiger partial charge in [-0.3, -0.25) is 0 Å². The second-order valence-electron chi connectivity index (χ2n) is 3.49. The van der Waals surface area contributed by atoms with E-state index < -0.39 is 0 Å². The number of aromatic nitrogens is 2. The molecule has 0 atom stereocenters. The summed E-state index contributed by atoms with van der Waals surface area (Å²) in [6.07, 6.45) is 0. The molecule has 84 valence electrons. The van der Waals surface area contributed by atoms with E-state index in [1.54, 1.807) is 0 Å². The summed E-state index contributed by atoms with van der Waals surface area (Å²) in [6, 6.07) is 0. The van der Waals surface area contributed by atoms with Gasteiger partial charge in [-0.15, -0.1) is 0 Å². The highest BCUT2D eigenvalue weighted by Crippen LogP contribution is 2.25. The highest BCUT2D eigenvalue weighted by Gasteiger charge is 2.16. The molecule has 0 radical (unpaired) electrons. The van der Waals surface area contributed by atoms with Crippen molar-refractivity contribution in [1.29, 1.82) is 0 Å². The Bertz CT molecular complexity index is 344. The molecule has 3 N–H and O–H groups in total. The number of hydrogen-bond donors (Lipinski definition) is 2. The van der Waals surface area contributed by atoms with Crippen LogP contribution in [0, 0.1) is 11.1 Å². The van der Waals surface area contributed by atoms with E-state index in [9.17, 15) is 5.21 Å². The first-order chi connectivity index (χ1) is 6.93. The van der Waals surface area contributed by atoms with Gasteiger partial charge in [-0.1, -0.05) is 30.4 Å². The van der Waals surface area contributed by atoms with E-state index >= 15 is 0 Å². The zero-order valence-corrected chi connectivity index (χ0v) is 9.93. The molecule has 0 amide bonds. The molecule has 7 heteroatoms. The summed E-state index contributed by atoms with van der Waals surface area (Å²) in [6.45, 7) is 4.60. The summed E-state index contributed by atoms with van der Waals surface area (Å²) >= 11 is 11.5. The number of nitrogens with zero attached hydrogens (tertiary/aromatic N) is 2. The second-order valence-corrected chi connectivity index (χ2v) is 4.23. The van der Waals surface area contributed by atoms with E-state index in [2.05, 4.69) is 10.3 Å². The molecule has 0 saturated heterocycles. The third-order valence-corrected chi connectivity index (χ3v) is 2.42. The molecular weight excluding hydrogens is 239 g/mol. The van der Waals surface area contributed by atoms with Gasteiger partial charge in [0.25, 0.3) is 0 Å². The highest BCUT2D eigenvalue weighted by molar-refractivity contribution is 6.42. The maximum Gasteiger partial charge on any atom is 0.345 e. The summed E-state index contributed by atoms with van der Waals surface area (Å²) in [7, 11) is 0. The lowest BCUT2D eigenvalue weighted by Crippen LogP contribution is -2.36. The van der Waals surface area contributed by atoms with E-state index in [4.69, 9.17) is 28.9 Å². The van der Waals surface area contributed by atoms with Gasteiger partial charge < -0.3 is 16.3 Å². The molecule has 1 aromatic rings. The number of anilines is 2. The van der Waals surface area contributed by atoms with Gasteiger partial charge in [-0.25, -0.2) is 4.73 Å². The molecule has 0 unspecified atom stereocenters. The first kappa shape index (κ1) is 12.1. The Labute approximate surface area is 97.8 Å². The molecule has 1 rings (SSSR count). The molecule has 0 aliphatic rings. The normalized spacial score (nSPS) is 10.7. The SMILES string of the molecule is CC(C)CNc1c(Cl)c(Cl)nc(N)[n+]1[O-]. The number of nitrogens with one attached hydrogen (secondary N) is 1. The predicted molar refractivity (Wildman–Crippen MR) is 61.0 cm³/mol. The summed E-state index contributed by atoms with van der Waals surface area (Å²) in [5, 5.41) is 14.5. The topological polar surface area (TPSA) is 77.9 Å². The zero-order chi connectivity index (χ0) is 11.6. The van der Waals surface area contributed by atoms with Crippen molar-refractivity contribution >= 4 is 35.0 Å². The van der Waals surface area contributed by atoms with Crippen molar-refractivity contribution in [2.75, 3.05) is 17.6 Å². The Hall–Kier alpha value is -0.940. The average molecular weight is 251 g/mol. The molecule has 0 saturated carbocycles. The summed E-state index contributed by atoms with van der Waals surface area (Å²) < 4.78 is 0.427. The van der Waals surface area contributed by atoms with Gasteiger partial charge >= 0.3 is 5.95 Å². The van der Waals surface area contributed by atoms with Crippen molar-refractivity contribution in [3.63, 3.8) is 0 Å². The number of halogens is 2. The van der Waals surface area contributed by atoms with Gasteiger partial charge in [0.1, 0.15) is 0 Å². The Kier molecular flexibility index (Phi) is 3.82. The molecule has 1 aromatic heterocycles. The Morgan fingerprint density at radius 3 is 2.67 bits per heavy atom. The largest absolute Gasteiger partial charge is 0.754 e. The Morgan fingerprint density at radius 1 is 1.53 bits per heavy atom. The maximum absolute atomic E-state index is 11.5. The van der Waals surface area contributed by atoms with Gasteiger partial charge in [-0.05, 0) is 17.5 Å². The third kappa shape index (κ3) is 2.76. The lowest BCUT2D eigenvalue weighted by atomic mass is 10.2. The van der Waals surface area contributed by atoms with Crippen LogP contribution in [0.3, 0.4) is 0 Å². The van der Waals surface area contributed by atoms with Crippen molar-refractivity contribution in [3.8, 4) is 0 Å². The maximum atomic E-state index is 11.5. The average Bonchev–Trinajstić information content (AvgIpc) is 2.14. The predicted octanol–water partition coefficient (Wildman–Crippen LogP) is 1.67. The van der Waals surface area contributed by atoms with Crippen LogP contribution >= 0.6 is 23.2 Å². The highest BCUT2D eigenvalue weighted by atomic mass is 35.5. The summed E-state index contributed by atoms with van der Waals surface area (Å²) in [5.41, 5.74) is 5.35. The summed E-state index contributed by atoms with van der Waals surface area (Å²) in [5.74, 6) is 0.285. The molecule has 1 heterocycles. The lowest BCUT2D eigenvalue weighted by molar-refractivity contribution is -0.577. The van der Waals surface area contributed by atoms with E-state index in [-0.39, 0.29) is 21.9 Å². The molecule has 5 nitrogen and oxygen atoms in total. The van der Waals surface area contributed by atoms with Crippen LogP contribution < -0.4 is 15.8 Å². The van der Waals surface area contributed by atoms with Crippen LogP contribution in [-0.4, -0.2) is 11.5 Å². The smallest absolute Gasteiger partial charge is 0.345 e. The molecule has 0 spiro atoms. The van der Waals surface area contributed by atoms with Crippen LogP contribution in [0.4, 0.5) is 11.8 Å². The minimum atomic E-state index is -0.226. The van der Waals surface area contributed by atoms with Gasteiger partial charge in [0.15, 0.2) is 5.02 Å². The number of nitrogen functional groups attached to an aromatic ring is 1.